The zero-order chi connectivity index (χ0) is 30.0. The number of likely N-dealkylation sites (tertiary alicyclic amines) is 1. The SMILES string of the molecule is CN(C)C/C=C/C(=O)N1CCN(c2nc(OC[C@@H]3CCCN3C)nc3c2CC[C@]2(CCc4ccccc42)C3)C[C@@H]1CC#N. The highest BCUT2D eigenvalue weighted by atomic mass is 16.5. The van der Waals surface area contributed by atoms with E-state index in [1.54, 1.807) is 6.08 Å². The van der Waals surface area contributed by atoms with Crippen LogP contribution in [0.25, 0.3) is 0 Å². The Hall–Kier alpha value is -3.48. The molecular formula is C34H45N7O2. The number of amides is 1. The van der Waals surface area contributed by atoms with Crippen molar-refractivity contribution >= 4 is 11.7 Å². The van der Waals surface area contributed by atoms with Crippen molar-refractivity contribution in [2.75, 3.05) is 65.4 Å². The smallest absolute Gasteiger partial charge is 0.318 e. The zero-order valence-electron chi connectivity index (χ0n) is 26.0. The molecule has 2 aliphatic carbocycles. The molecule has 9 heteroatoms. The van der Waals surface area contributed by atoms with Crippen LogP contribution >= 0.6 is 0 Å². The number of benzene rings is 1. The normalized spacial score (nSPS) is 25.4. The summed E-state index contributed by atoms with van der Waals surface area (Å²) in [6.45, 7) is 4.17. The number of piperazine rings is 1. The number of nitriles is 1. The molecule has 3 heterocycles. The molecule has 1 spiro atoms. The Labute approximate surface area is 256 Å². The second-order valence-electron chi connectivity index (χ2n) is 13.1. The fourth-order valence-corrected chi connectivity index (χ4v) is 7.64. The van der Waals surface area contributed by atoms with E-state index < -0.39 is 0 Å². The molecule has 0 saturated carbocycles. The first-order valence-electron chi connectivity index (χ1n) is 15.9. The number of nitrogens with zero attached hydrogens (tertiary/aromatic N) is 7. The third-order valence-electron chi connectivity index (χ3n) is 10.1. The number of fused-ring (bicyclic) bond motifs is 3. The first-order chi connectivity index (χ1) is 20.9. The maximum Gasteiger partial charge on any atom is 0.318 e. The van der Waals surface area contributed by atoms with E-state index in [0.29, 0.717) is 44.8 Å². The lowest BCUT2D eigenvalue weighted by atomic mass is 9.69. The molecule has 228 valence electrons. The lowest BCUT2D eigenvalue weighted by Gasteiger charge is -2.42. The van der Waals surface area contributed by atoms with Gasteiger partial charge in [-0.3, -0.25) is 4.79 Å². The first kappa shape index (κ1) is 29.6. The molecule has 43 heavy (non-hydrogen) atoms. The second kappa shape index (κ2) is 12.6. The number of ether oxygens (including phenoxy) is 1. The fourth-order valence-electron chi connectivity index (χ4n) is 7.64. The number of aryl methyl sites for hydroxylation is 1. The van der Waals surface area contributed by atoms with Gasteiger partial charge in [-0.2, -0.15) is 15.2 Å². The van der Waals surface area contributed by atoms with Crippen LogP contribution in [0.4, 0.5) is 5.82 Å². The standard InChI is InChI=1S/C34H45N7O2/c1-38(2)18-7-11-31(42)41-21-20-40(23-26(41)14-17-35)32-28-13-16-34(15-12-25-8-4-5-10-29(25)34)22-30(28)36-33(37-32)43-24-27-9-6-19-39(27)3/h4-5,7-8,10-11,26-27H,6,9,12-16,18-24H2,1-3H3/b11-7+/t26-,27-,34+/m0/s1. The molecule has 9 nitrogen and oxygen atoms in total. The third kappa shape index (κ3) is 6.13. The Balaban J connectivity index is 1.28. The molecule has 3 atom stereocenters. The van der Waals surface area contributed by atoms with Crippen LogP contribution in [0, 0.1) is 11.3 Å². The quantitative estimate of drug-likeness (QED) is 0.437. The van der Waals surface area contributed by atoms with Crippen molar-refractivity contribution in [3.8, 4) is 12.1 Å². The minimum Gasteiger partial charge on any atom is -0.462 e. The number of aromatic nitrogens is 2. The maximum atomic E-state index is 13.1. The summed E-state index contributed by atoms with van der Waals surface area (Å²) >= 11 is 0. The van der Waals surface area contributed by atoms with Crippen molar-refractivity contribution in [1.29, 1.82) is 5.26 Å². The lowest BCUT2D eigenvalue weighted by molar-refractivity contribution is -0.128. The van der Waals surface area contributed by atoms with Gasteiger partial charge >= 0.3 is 6.01 Å². The summed E-state index contributed by atoms with van der Waals surface area (Å²) in [6, 6.07) is 11.9. The van der Waals surface area contributed by atoms with E-state index in [2.05, 4.69) is 47.2 Å². The molecule has 2 aliphatic heterocycles. The van der Waals surface area contributed by atoms with E-state index >= 15 is 0 Å². The van der Waals surface area contributed by atoms with Gasteiger partial charge in [0.25, 0.3) is 0 Å². The molecule has 2 saturated heterocycles. The van der Waals surface area contributed by atoms with Gasteiger partial charge in [-0.05, 0) is 83.8 Å². The summed E-state index contributed by atoms with van der Waals surface area (Å²) in [4.78, 5) is 31.8. The highest BCUT2D eigenvalue weighted by Gasteiger charge is 2.43. The molecule has 4 aliphatic rings. The predicted octanol–water partition coefficient (Wildman–Crippen LogP) is 3.37. The van der Waals surface area contributed by atoms with E-state index in [-0.39, 0.29) is 23.8 Å². The number of hydrogen-bond donors (Lipinski definition) is 0. The summed E-state index contributed by atoms with van der Waals surface area (Å²) in [7, 11) is 6.12. The average Bonchev–Trinajstić information content (AvgIpc) is 3.58. The fraction of sp³-hybridized carbons (Fsp3) is 0.588. The highest BCUT2D eigenvalue weighted by Crippen LogP contribution is 2.48. The van der Waals surface area contributed by atoms with Crippen molar-refractivity contribution in [2.45, 2.75) is 68.9 Å². The zero-order valence-corrected chi connectivity index (χ0v) is 26.0. The van der Waals surface area contributed by atoms with Gasteiger partial charge in [-0.1, -0.05) is 30.3 Å². The van der Waals surface area contributed by atoms with Crippen molar-refractivity contribution in [1.82, 2.24) is 24.7 Å². The van der Waals surface area contributed by atoms with Crippen molar-refractivity contribution in [3.05, 3.63) is 58.8 Å². The number of rotatable bonds is 8. The minimum atomic E-state index is -0.200. The molecule has 2 fully saturated rings. The lowest BCUT2D eigenvalue weighted by Crippen LogP contribution is -2.55. The van der Waals surface area contributed by atoms with Crippen LogP contribution in [-0.4, -0.2) is 103 Å². The monoisotopic (exact) mass is 583 g/mol. The molecule has 1 amide bonds. The van der Waals surface area contributed by atoms with Crippen molar-refractivity contribution in [2.24, 2.45) is 0 Å². The van der Waals surface area contributed by atoms with Gasteiger partial charge in [0.2, 0.25) is 5.91 Å². The Bertz CT molecular complexity index is 1400. The van der Waals surface area contributed by atoms with E-state index in [9.17, 15) is 10.1 Å². The average molecular weight is 584 g/mol. The predicted molar refractivity (Wildman–Crippen MR) is 167 cm³/mol. The minimum absolute atomic E-state index is 0.0296. The van der Waals surface area contributed by atoms with Gasteiger partial charge in [0.05, 0.1) is 24.2 Å². The van der Waals surface area contributed by atoms with E-state index in [1.807, 2.05) is 30.0 Å². The van der Waals surface area contributed by atoms with Crippen LogP contribution in [-0.2, 0) is 29.5 Å². The van der Waals surface area contributed by atoms with Crippen LogP contribution in [0.2, 0.25) is 0 Å². The summed E-state index contributed by atoms with van der Waals surface area (Å²) in [5.74, 6) is 0.900. The number of carbonyl (C=O) groups is 1. The summed E-state index contributed by atoms with van der Waals surface area (Å²) in [5.41, 5.74) is 5.39. The van der Waals surface area contributed by atoms with Crippen LogP contribution in [0.5, 0.6) is 6.01 Å². The van der Waals surface area contributed by atoms with E-state index in [4.69, 9.17) is 14.7 Å². The van der Waals surface area contributed by atoms with Gasteiger partial charge in [-0.25, -0.2) is 0 Å². The Morgan fingerprint density at radius 1 is 1.16 bits per heavy atom. The van der Waals surface area contributed by atoms with Crippen molar-refractivity contribution in [3.63, 3.8) is 0 Å². The number of hydrogen-bond acceptors (Lipinski definition) is 8. The van der Waals surface area contributed by atoms with Gasteiger partial charge < -0.3 is 24.3 Å². The van der Waals surface area contributed by atoms with Gasteiger partial charge in [0, 0.05) is 49.3 Å². The van der Waals surface area contributed by atoms with Crippen LogP contribution < -0.4 is 9.64 Å². The van der Waals surface area contributed by atoms with Gasteiger partial charge in [-0.15, -0.1) is 0 Å². The molecule has 1 aromatic carbocycles. The van der Waals surface area contributed by atoms with E-state index in [0.717, 1.165) is 56.6 Å². The summed E-state index contributed by atoms with van der Waals surface area (Å²) in [6.07, 6.45) is 11.3. The first-order valence-corrected chi connectivity index (χ1v) is 15.9. The largest absolute Gasteiger partial charge is 0.462 e. The topological polar surface area (TPSA) is 88.8 Å². The van der Waals surface area contributed by atoms with E-state index in [1.165, 1.54) is 23.1 Å². The summed E-state index contributed by atoms with van der Waals surface area (Å²) in [5, 5.41) is 9.67. The van der Waals surface area contributed by atoms with Crippen LogP contribution in [0.1, 0.15) is 54.5 Å². The molecule has 2 aromatic rings. The van der Waals surface area contributed by atoms with Crippen LogP contribution in [0.15, 0.2) is 36.4 Å². The van der Waals surface area contributed by atoms with Crippen LogP contribution in [0.3, 0.4) is 0 Å². The number of carbonyl (C=O) groups excluding carboxylic acids is 1. The molecule has 0 unspecified atom stereocenters. The van der Waals surface area contributed by atoms with Gasteiger partial charge in [0.15, 0.2) is 0 Å². The number of likely N-dealkylation sites (N-methyl/N-ethyl adjacent to an activating group) is 2. The Morgan fingerprint density at radius 3 is 2.79 bits per heavy atom. The Morgan fingerprint density at radius 2 is 2.00 bits per heavy atom. The third-order valence-corrected chi connectivity index (χ3v) is 10.1. The Kier molecular flexibility index (Phi) is 8.69. The second-order valence-corrected chi connectivity index (χ2v) is 13.1. The van der Waals surface area contributed by atoms with Crippen molar-refractivity contribution < 1.29 is 9.53 Å². The molecule has 0 N–H and O–H groups in total. The molecule has 0 bridgehead atoms. The molecule has 1 aromatic heterocycles. The highest BCUT2D eigenvalue weighted by molar-refractivity contribution is 5.88. The molecule has 0 radical (unpaired) electrons. The number of anilines is 1. The maximum absolute atomic E-state index is 13.1. The summed E-state index contributed by atoms with van der Waals surface area (Å²) < 4.78 is 6.36. The molecule has 6 rings (SSSR count). The molecular weight excluding hydrogens is 538 g/mol. The van der Waals surface area contributed by atoms with Gasteiger partial charge in [0.1, 0.15) is 12.4 Å².